The highest BCUT2D eigenvalue weighted by molar-refractivity contribution is 5.85. The van der Waals surface area contributed by atoms with E-state index < -0.39 is 11.9 Å². The lowest BCUT2D eigenvalue weighted by Crippen LogP contribution is -2.47. The summed E-state index contributed by atoms with van der Waals surface area (Å²) in [5.74, 6) is -1.05. The summed E-state index contributed by atoms with van der Waals surface area (Å²) in [5, 5.41) is 9.96. The van der Waals surface area contributed by atoms with E-state index in [0.717, 1.165) is 51.0 Å². The van der Waals surface area contributed by atoms with Gasteiger partial charge >= 0.3 is 5.97 Å². The van der Waals surface area contributed by atoms with Gasteiger partial charge in [-0.1, -0.05) is 62.9 Å². The lowest BCUT2D eigenvalue weighted by atomic mass is 10.1. The van der Waals surface area contributed by atoms with Crippen LogP contribution >= 0.6 is 0 Å². The van der Waals surface area contributed by atoms with Crippen molar-refractivity contribution in [2.24, 2.45) is 0 Å². The molecule has 0 N–H and O–H groups in total. The molecule has 0 spiro atoms. The van der Waals surface area contributed by atoms with Gasteiger partial charge in [0.15, 0.2) is 11.7 Å². The maximum absolute atomic E-state index is 12.9. The fourth-order valence-electron chi connectivity index (χ4n) is 4.43. The number of benzene rings is 2. The minimum absolute atomic E-state index is 0.326. The molecular weight excluding hydrogens is 438 g/mol. The number of rotatable bonds is 10. The van der Waals surface area contributed by atoms with Gasteiger partial charge in [0, 0.05) is 31.9 Å². The second-order valence-corrected chi connectivity index (χ2v) is 8.87. The van der Waals surface area contributed by atoms with Gasteiger partial charge in [0.25, 0.3) is 0 Å². The van der Waals surface area contributed by atoms with Crippen LogP contribution in [0.5, 0.6) is 0 Å². The first-order chi connectivity index (χ1) is 17.2. The van der Waals surface area contributed by atoms with Crippen LogP contribution in [0.2, 0.25) is 0 Å². The van der Waals surface area contributed by atoms with E-state index in [0.29, 0.717) is 23.6 Å². The van der Waals surface area contributed by atoms with Gasteiger partial charge in [-0.05, 0) is 30.7 Å². The second-order valence-electron chi connectivity index (χ2n) is 8.87. The molecule has 0 unspecified atom stereocenters. The van der Waals surface area contributed by atoms with Gasteiger partial charge in [-0.2, -0.15) is 5.26 Å². The SMILES string of the molecule is CCCCCCCOC(=O)[C@H](C#N)c1nc2ccccc2nc1N1CCN(c2ccccc2)CC1. The van der Waals surface area contributed by atoms with Crippen molar-refractivity contribution >= 4 is 28.5 Å². The fraction of sp³-hybridized carbons (Fsp3) is 0.429. The summed E-state index contributed by atoms with van der Waals surface area (Å²) in [6.45, 7) is 5.57. The van der Waals surface area contributed by atoms with Gasteiger partial charge in [-0.3, -0.25) is 4.79 Å². The van der Waals surface area contributed by atoms with Gasteiger partial charge < -0.3 is 14.5 Å². The van der Waals surface area contributed by atoms with Gasteiger partial charge in [-0.25, -0.2) is 9.97 Å². The molecule has 0 aliphatic carbocycles. The molecule has 35 heavy (non-hydrogen) atoms. The van der Waals surface area contributed by atoms with Crippen molar-refractivity contribution in [1.29, 1.82) is 5.26 Å². The molecule has 0 radical (unpaired) electrons. The number of hydrogen-bond donors (Lipinski definition) is 0. The van der Waals surface area contributed by atoms with Crippen molar-refractivity contribution in [3.63, 3.8) is 0 Å². The molecule has 0 saturated carbocycles. The first kappa shape index (κ1) is 24.5. The van der Waals surface area contributed by atoms with Crippen molar-refractivity contribution < 1.29 is 9.53 Å². The summed E-state index contributed by atoms with van der Waals surface area (Å²) in [6, 6.07) is 20.0. The number of nitrogens with zero attached hydrogens (tertiary/aromatic N) is 5. The Hall–Kier alpha value is -3.66. The molecule has 4 rings (SSSR count). The maximum Gasteiger partial charge on any atom is 0.329 e. The van der Waals surface area contributed by atoms with Crippen molar-refractivity contribution in [1.82, 2.24) is 9.97 Å². The summed E-state index contributed by atoms with van der Waals surface area (Å²) in [7, 11) is 0. The highest BCUT2D eigenvalue weighted by atomic mass is 16.5. The third-order valence-electron chi connectivity index (χ3n) is 6.41. The molecule has 2 aromatic carbocycles. The first-order valence-electron chi connectivity index (χ1n) is 12.6. The lowest BCUT2D eigenvalue weighted by Gasteiger charge is -2.37. The lowest BCUT2D eigenvalue weighted by molar-refractivity contribution is -0.144. The standard InChI is InChI=1S/C28H33N5O2/c1-2-3-4-5-11-20-35-28(34)23(21-29)26-27(31-25-15-10-9-14-24(25)30-26)33-18-16-32(17-19-33)22-12-7-6-8-13-22/h6-10,12-15,23H,2-5,11,16-20H2,1H3/t23-/m1/s1. The quantitative estimate of drug-likeness (QED) is 0.301. The highest BCUT2D eigenvalue weighted by Gasteiger charge is 2.31. The molecule has 1 atom stereocenters. The number of aromatic nitrogens is 2. The van der Waals surface area contributed by atoms with Gasteiger partial charge in [0.2, 0.25) is 0 Å². The Kier molecular flexibility index (Phi) is 8.50. The van der Waals surface area contributed by atoms with E-state index in [2.05, 4.69) is 34.9 Å². The van der Waals surface area contributed by atoms with Crippen LogP contribution in [0, 0.1) is 11.3 Å². The minimum atomic E-state index is -1.11. The van der Waals surface area contributed by atoms with Crippen molar-refractivity contribution in [3.05, 3.63) is 60.3 Å². The number of piperazine rings is 1. The van der Waals surface area contributed by atoms with E-state index in [1.807, 2.05) is 42.5 Å². The molecule has 0 amide bonds. The van der Waals surface area contributed by atoms with E-state index in [1.165, 1.54) is 18.5 Å². The third kappa shape index (κ3) is 6.07. The molecular formula is C28H33N5O2. The van der Waals surface area contributed by atoms with Crippen LogP contribution in [0.4, 0.5) is 11.5 Å². The van der Waals surface area contributed by atoms with Gasteiger partial charge in [-0.15, -0.1) is 0 Å². The minimum Gasteiger partial charge on any atom is -0.464 e. The van der Waals surface area contributed by atoms with Gasteiger partial charge in [0.1, 0.15) is 5.69 Å². The number of nitriles is 1. The number of hydrogen-bond acceptors (Lipinski definition) is 7. The zero-order chi connectivity index (χ0) is 24.5. The maximum atomic E-state index is 12.9. The summed E-state index contributed by atoms with van der Waals surface area (Å²) in [4.78, 5) is 27.0. The van der Waals surface area contributed by atoms with E-state index in [1.54, 1.807) is 0 Å². The largest absolute Gasteiger partial charge is 0.464 e. The van der Waals surface area contributed by atoms with Crippen LogP contribution in [0.1, 0.15) is 50.6 Å². The molecule has 2 heterocycles. The molecule has 1 fully saturated rings. The van der Waals surface area contributed by atoms with Crippen LogP contribution in [0.15, 0.2) is 54.6 Å². The van der Waals surface area contributed by atoms with E-state index >= 15 is 0 Å². The normalized spacial score (nSPS) is 14.5. The summed E-state index contributed by atoms with van der Waals surface area (Å²) < 4.78 is 5.50. The Morgan fingerprint density at radius 3 is 2.23 bits per heavy atom. The highest BCUT2D eigenvalue weighted by Crippen LogP contribution is 2.29. The first-order valence-corrected chi connectivity index (χ1v) is 12.6. The third-order valence-corrected chi connectivity index (χ3v) is 6.41. The molecule has 1 aromatic heterocycles. The predicted octanol–water partition coefficient (Wildman–Crippen LogP) is 5.08. The number of esters is 1. The van der Waals surface area contributed by atoms with E-state index in [-0.39, 0.29) is 0 Å². The number of para-hydroxylation sites is 3. The summed E-state index contributed by atoms with van der Waals surface area (Å²) in [5.41, 5.74) is 2.99. The second kappa shape index (κ2) is 12.2. The van der Waals surface area contributed by atoms with Crippen LogP contribution in [-0.4, -0.2) is 48.7 Å². The Bertz CT molecular complexity index is 1150. The topological polar surface area (TPSA) is 82.3 Å². The molecule has 1 aliphatic rings. The number of anilines is 2. The zero-order valence-electron chi connectivity index (χ0n) is 20.4. The van der Waals surface area contributed by atoms with Crippen molar-refractivity contribution in [3.8, 4) is 6.07 Å². The Morgan fingerprint density at radius 1 is 0.914 bits per heavy atom. The average Bonchev–Trinajstić information content (AvgIpc) is 2.91. The molecule has 7 nitrogen and oxygen atoms in total. The van der Waals surface area contributed by atoms with Crippen LogP contribution in [0.25, 0.3) is 11.0 Å². The number of carbonyl (C=O) groups excluding carboxylic acids is 1. The van der Waals surface area contributed by atoms with Crippen LogP contribution in [-0.2, 0) is 9.53 Å². The van der Waals surface area contributed by atoms with Crippen LogP contribution < -0.4 is 9.80 Å². The number of carbonyl (C=O) groups is 1. The van der Waals surface area contributed by atoms with Crippen molar-refractivity contribution in [2.45, 2.75) is 44.9 Å². The van der Waals surface area contributed by atoms with Gasteiger partial charge in [0.05, 0.1) is 23.7 Å². The molecule has 182 valence electrons. The monoisotopic (exact) mass is 471 g/mol. The summed E-state index contributed by atoms with van der Waals surface area (Å²) in [6.07, 6.45) is 5.30. The smallest absolute Gasteiger partial charge is 0.329 e. The zero-order valence-corrected chi connectivity index (χ0v) is 20.4. The predicted molar refractivity (Wildman–Crippen MR) is 138 cm³/mol. The fourth-order valence-corrected chi connectivity index (χ4v) is 4.43. The Morgan fingerprint density at radius 2 is 1.54 bits per heavy atom. The Balaban J connectivity index is 1.53. The van der Waals surface area contributed by atoms with Crippen molar-refractivity contribution in [2.75, 3.05) is 42.6 Å². The molecule has 1 aliphatic heterocycles. The molecule has 3 aromatic rings. The number of fused-ring (bicyclic) bond motifs is 1. The summed E-state index contributed by atoms with van der Waals surface area (Å²) >= 11 is 0. The van der Waals surface area contributed by atoms with E-state index in [9.17, 15) is 10.1 Å². The van der Waals surface area contributed by atoms with E-state index in [4.69, 9.17) is 14.7 Å². The molecule has 7 heteroatoms. The average molecular weight is 472 g/mol. The number of unbranched alkanes of at least 4 members (excludes halogenated alkanes) is 4. The molecule has 1 saturated heterocycles. The van der Waals surface area contributed by atoms with Crippen LogP contribution in [0.3, 0.4) is 0 Å². The molecule has 0 bridgehead atoms. The Labute approximate surface area is 207 Å². The number of ether oxygens (including phenoxy) is 1.